The summed E-state index contributed by atoms with van der Waals surface area (Å²) in [5.74, 6) is -2.21. The summed E-state index contributed by atoms with van der Waals surface area (Å²) >= 11 is 0. The van der Waals surface area contributed by atoms with Gasteiger partial charge in [0.25, 0.3) is 0 Å². The Balaban J connectivity index is 2.75. The molecule has 1 N–H and O–H groups in total. The molecule has 1 atom stereocenters. The van der Waals surface area contributed by atoms with Gasteiger partial charge >= 0.3 is 5.97 Å². The number of halogens is 1. The Morgan fingerprint density at radius 3 is 2.52 bits per heavy atom. The number of esters is 1. The van der Waals surface area contributed by atoms with Gasteiger partial charge in [-0.1, -0.05) is 32.9 Å². The molecular formula is C16H22FNO3. The lowest BCUT2D eigenvalue weighted by Crippen LogP contribution is -2.43. The third kappa shape index (κ3) is 5.17. The minimum Gasteiger partial charge on any atom is -0.465 e. The highest BCUT2D eigenvalue weighted by Gasteiger charge is 2.38. The van der Waals surface area contributed by atoms with E-state index in [0.29, 0.717) is 5.56 Å². The van der Waals surface area contributed by atoms with Crippen LogP contribution in [-0.2, 0) is 20.9 Å². The maximum Gasteiger partial charge on any atom is 0.319 e. The third-order valence-electron chi connectivity index (χ3n) is 3.01. The Bertz CT molecular complexity index is 508. The molecule has 0 fully saturated rings. The molecule has 21 heavy (non-hydrogen) atoms. The van der Waals surface area contributed by atoms with Crippen LogP contribution in [0, 0.1) is 17.2 Å². The number of ether oxygens (including phenoxy) is 1. The average Bonchev–Trinajstić information content (AvgIpc) is 2.35. The van der Waals surface area contributed by atoms with Crippen molar-refractivity contribution in [1.82, 2.24) is 5.32 Å². The molecule has 1 aromatic carbocycles. The van der Waals surface area contributed by atoms with Crippen molar-refractivity contribution < 1.29 is 18.7 Å². The van der Waals surface area contributed by atoms with Gasteiger partial charge in [0.15, 0.2) is 0 Å². The van der Waals surface area contributed by atoms with E-state index in [4.69, 9.17) is 4.74 Å². The molecule has 0 saturated heterocycles. The number of rotatable bonds is 5. The molecule has 1 aromatic rings. The second-order valence-electron chi connectivity index (χ2n) is 5.90. The molecule has 4 nitrogen and oxygen atoms in total. The number of benzene rings is 1. The summed E-state index contributed by atoms with van der Waals surface area (Å²) in [5.41, 5.74) is 0.0815. The van der Waals surface area contributed by atoms with Crippen LogP contribution in [0.5, 0.6) is 0 Å². The lowest BCUT2D eigenvalue weighted by atomic mass is 9.80. The molecule has 0 aliphatic carbocycles. The highest BCUT2D eigenvalue weighted by Crippen LogP contribution is 2.27. The molecule has 0 aliphatic heterocycles. The lowest BCUT2D eigenvalue weighted by Gasteiger charge is -2.27. The Morgan fingerprint density at radius 2 is 2.00 bits per heavy atom. The zero-order chi connectivity index (χ0) is 16.0. The van der Waals surface area contributed by atoms with Crippen molar-refractivity contribution in [2.24, 2.45) is 11.3 Å². The molecule has 0 aromatic heterocycles. The monoisotopic (exact) mass is 295 g/mol. The van der Waals surface area contributed by atoms with Crippen LogP contribution in [0.25, 0.3) is 0 Å². The summed E-state index contributed by atoms with van der Waals surface area (Å²) in [6.07, 6.45) is 0. The first-order chi connectivity index (χ1) is 9.75. The molecule has 5 heteroatoms. The van der Waals surface area contributed by atoms with E-state index in [1.54, 1.807) is 39.8 Å². The van der Waals surface area contributed by atoms with Crippen molar-refractivity contribution in [3.8, 4) is 0 Å². The molecule has 1 amide bonds. The van der Waals surface area contributed by atoms with Crippen molar-refractivity contribution >= 4 is 11.9 Å². The van der Waals surface area contributed by atoms with E-state index >= 15 is 0 Å². The first-order valence-corrected chi connectivity index (χ1v) is 6.94. The first kappa shape index (κ1) is 17.1. The number of carbonyl (C=O) groups excluding carboxylic acids is 2. The van der Waals surface area contributed by atoms with Crippen molar-refractivity contribution in [2.45, 2.75) is 34.2 Å². The lowest BCUT2D eigenvalue weighted by molar-refractivity contribution is -0.156. The molecule has 0 aliphatic rings. The number of hydrogen-bond acceptors (Lipinski definition) is 3. The fourth-order valence-electron chi connectivity index (χ4n) is 2.02. The standard InChI is InChI=1S/C16H22FNO3/c1-5-21-15(20)13(16(2,3)4)14(19)18-10-11-7-6-8-12(17)9-11/h6-9,13H,5,10H2,1-4H3,(H,18,19). The van der Waals surface area contributed by atoms with Crippen LogP contribution >= 0.6 is 0 Å². The zero-order valence-corrected chi connectivity index (χ0v) is 12.9. The molecule has 1 rings (SSSR count). The molecule has 116 valence electrons. The van der Waals surface area contributed by atoms with Crippen LogP contribution in [0.15, 0.2) is 24.3 Å². The number of hydrogen-bond donors (Lipinski definition) is 1. The van der Waals surface area contributed by atoms with Crippen LogP contribution in [0.1, 0.15) is 33.3 Å². The van der Waals surface area contributed by atoms with Crippen molar-refractivity contribution in [3.63, 3.8) is 0 Å². The molecule has 0 bridgehead atoms. The Kier molecular flexibility index (Phi) is 5.88. The smallest absolute Gasteiger partial charge is 0.319 e. The summed E-state index contributed by atoms with van der Waals surface area (Å²) in [7, 11) is 0. The van der Waals surface area contributed by atoms with Gasteiger partial charge in [0.1, 0.15) is 11.7 Å². The van der Waals surface area contributed by atoms with E-state index in [-0.39, 0.29) is 19.0 Å². The highest BCUT2D eigenvalue weighted by molar-refractivity contribution is 5.98. The fourth-order valence-corrected chi connectivity index (χ4v) is 2.02. The fraction of sp³-hybridized carbons (Fsp3) is 0.500. The number of amides is 1. The van der Waals surface area contributed by atoms with Crippen LogP contribution in [-0.4, -0.2) is 18.5 Å². The predicted octanol–water partition coefficient (Wildman–Crippen LogP) is 2.67. The Hall–Kier alpha value is -1.91. The second kappa shape index (κ2) is 7.20. The van der Waals surface area contributed by atoms with Crippen LogP contribution in [0.3, 0.4) is 0 Å². The first-order valence-electron chi connectivity index (χ1n) is 6.94. The molecule has 0 heterocycles. The molecular weight excluding hydrogens is 273 g/mol. The van der Waals surface area contributed by atoms with Gasteiger partial charge in [0, 0.05) is 6.54 Å². The van der Waals surface area contributed by atoms with E-state index < -0.39 is 23.2 Å². The maximum atomic E-state index is 13.1. The van der Waals surface area contributed by atoms with E-state index in [1.165, 1.54) is 12.1 Å². The Labute approximate surface area is 124 Å². The summed E-state index contributed by atoms with van der Waals surface area (Å²) < 4.78 is 18.0. The molecule has 1 unspecified atom stereocenters. The highest BCUT2D eigenvalue weighted by atomic mass is 19.1. The van der Waals surface area contributed by atoms with Crippen molar-refractivity contribution in [1.29, 1.82) is 0 Å². The minimum atomic E-state index is -0.897. The summed E-state index contributed by atoms with van der Waals surface area (Å²) in [6.45, 7) is 7.50. The van der Waals surface area contributed by atoms with Gasteiger partial charge in [-0.15, -0.1) is 0 Å². The van der Waals surface area contributed by atoms with Crippen LogP contribution < -0.4 is 5.32 Å². The summed E-state index contributed by atoms with van der Waals surface area (Å²) in [4.78, 5) is 24.2. The van der Waals surface area contributed by atoms with Gasteiger partial charge in [-0.25, -0.2) is 4.39 Å². The predicted molar refractivity (Wildman–Crippen MR) is 77.8 cm³/mol. The van der Waals surface area contributed by atoms with Gasteiger partial charge < -0.3 is 10.1 Å². The SMILES string of the molecule is CCOC(=O)C(C(=O)NCc1cccc(F)c1)C(C)(C)C. The third-order valence-corrected chi connectivity index (χ3v) is 3.01. The summed E-state index contributed by atoms with van der Waals surface area (Å²) in [5, 5.41) is 2.67. The second-order valence-corrected chi connectivity index (χ2v) is 5.90. The Morgan fingerprint density at radius 1 is 1.33 bits per heavy atom. The van der Waals surface area contributed by atoms with Crippen molar-refractivity contribution in [3.05, 3.63) is 35.6 Å². The molecule has 0 radical (unpaired) electrons. The van der Waals surface area contributed by atoms with Crippen molar-refractivity contribution in [2.75, 3.05) is 6.61 Å². The van der Waals surface area contributed by atoms with Gasteiger partial charge in [-0.05, 0) is 30.0 Å². The van der Waals surface area contributed by atoms with E-state index in [1.807, 2.05) is 0 Å². The van der Waals surface area contributed by atoms with E-state index in [0.717, 1.165) is 0 Å². The normalized spacial score (nSPS) is 12.6. The minimum absolute atomic E-state index is 0.169. The largest absolute Gasteiger partial charge is 0.465 e. The van der Waals surface area contributed by atoms with E-state index in [9.17, 15) is 14.0 Å². The molecule has 0 spiro atoms. The zero-order valence-electron chi connectivity index (χ0n) is 12.9. The van der Waals surface area contributed by atoms with Crippen LogP contribution in [0.4, 0.5) is 4.39 Å². The maximum absolute atomic E-state index is 13.1. The van der Waals surface area contributed by atoms with Gasteiger partial charge in [-0.3, -0.25) is 9.59 Å². The van der Waals surface area contributed by atoms with E-state index in [2.05, 4.69) is 5.32 Å². The van der Waals surface area contributed by atoms with Crippen LogP contribution in [0.2, 0.25) is 0 Å². The van der Waals surface area contributed by atoms with Gasteiger partial charge in [0.2, 0.25) is 5.91 Å². The van der Waals surface area contributed by atoms with Gasteiger partial charge in [0.05, 0.1) is 6.61 Å². The summed E-state index contributed by atoms with van der Waals surface area (Å²) in [6, 6.07) is 5.96. The van der Waals surface area contributed by atoms with Gasteiger partial charge in [-0.2, -0.15) is 0 Å². The quantitative estimate of drug-likeness (QED) is 0.671. The average molecular weight is 295 g/mol. The number of nitrogens with one attached hydrogen (secondary N) is 1. The number of carbonyl (C=O) groups is 2. The topological polar surface area (TPSA) is 55.4 Å². The molecule has 0 saturated carbocycles.